The first kappa shape index (κ1) is 16.8. The van der Waals surface area contributed by atoms with Gasteiger partial charge in [-0.2, -0.15) is 0 Å². The van der Waals surface area contributed by atoms with Crippen LogP contribution in [0.4, 0.5) is 0 Å². The van der Waals surface area contributed by atoms with Crippen molar-refractivity contribution < 1.29 is 14.7 Å². The van der Waals surface area contributed by atoms with E-state index in [1.54, 1.807) is 18.3 Å². The van der Waals surface area contributed by atoms with Crippen molar-refractivity contribution in [3.8, 4) is 17.4 Å². The Bertz CT molecular complexity index is 804. The van der Waals surface area contributed by atoms with Gasteiger partial charge in [-0.25, -0.2) is 4.98 Å². The van der Waals surface area contributed by atoms with Crippen LogP contribution < -0.4 is 9.47 Å². The minimum Gasteiger partial charge on any atom is -0.490 e. The molecule has 0 saturated heterocycles. The molecular formula is C18H20N4O3. The average Bonchev–Trinajstić information content (AvgIpc) is 3.05. The molecule has 0 spiro atoms. The molecule has 1 aliphatic rings. The zero-order chi connectivity index (χ0) is 17.6. The van der Waals surface area contributed by atoms with Gasteiger partial charge in [0.2, 0.25) is 5.88 Å². The minimum atomic E-state index is 0.335. The molecule has 0 saturated carbocycles. The summed E-state index contributed by atoms with van der Waals surface area (Å²) in [4.78, 5) is 10.5. The van der Waals surface area contributed by atoms with Crippen LogP contribution in [0.15, 0.2) is 52.7 Å². The Morgan fingerprint density at radius 1 is 1.24 bits per heavy atom. The molecule has 1 aromatic carbocycles. The molecule has 2 heterocycles. The molecule has 0 amide bonds. The largest absolute Gasteiger partial charge is 0.490 e. The second kappa shape index (κ2) is 7.65. The predicted molar refractivity (Wildman–Crippen MR) is 94.9 cm³/mol. The number of aliphatic imine (C=N–C) groups is 1. The molecule has 3 rings (SSSR count). The second-order valence-corrected chi connectivity index (χ2v) is 5.34. The van der Waals surface area contributed by atoms with Gasteiger partial charge in [0.15, 0.2) is 17.3 Å². The Labute approximate surface area is 146 Å². The molecule has 1 aliphatic heterocycles. The summed E-state index contributed by atoms with van der Waals surface area (Å²) in [7, 11) is 0. The topological polar surface area (TPSA) is 79.5 Å². The molecule has 0 unspecified atom stereocenters. The zero-order valence-electron chi connectivity index (χ0n) is 14.2. The van der Waals surface area contributed by atoms with E-state index in [4.69, 9.17) is 9.47 Å². The average molecular weight is 340 g/mol. The number of hydrogen-bond donors (Lipinski definition) is 1. The second-order valence-electron chi connectivity index (χ2n) is 5.34. The van der Waals surface area contributed by atoms with Crippen LogP contribution in [-0.2, 0) is 0 Å². The highest BCUT2D eigenvalue weighted by atomic mass is 16.5. The summed E-state index contributed by atoms with van der Waals surface area (Å²) in [6.07, 6.45) is 1.63. The zero-order valence-corrected chi connectivity index (χ0v) is 14.2. The first-order valence-electron chi connectivity index (χ1n) is 8.10. The standard InChI is InChI=1S/C18H20N4O3/c1-3-24-15-8-4-5-9-16(15)25-18-14(7-6-10-20-18)17(21-23)22-12-11-19-13(22)2/h4-10,23H,3,11-12H2,1-2H3/b21-17-. The number of ether oxygens (including phenoxy) is 2. The van der Waals surface area contributed by atoms with E-state index < -0.39 is 0 Å². The number of oxime groups is 1. The van der Waals surface area contributed by atoms with Crippen molar-refractivity contribution >= 4 is 11.7 Å². The molecule has 7 heteroatoms. The number of hydrogen-bond acceptors (Lipinski definition) is 6. The van der Waals surface area contributed by atoms with Gasteiger partial charge in [0.1, 0.15) is 5.84 Å². The van der Waals surface area contributed by atoms with Gasteiger partial charge in [0, 0.05) is 12.7 Å². The maximum Gasteiger partial charge on any atom is 0.230 e. The highest BCUT2D eigenvalue weighted by Gasteiger charge is 2.24. The van der Waals surface area contributed by atoms with Crippen molar-refractivity contribution in [1.82, 2.24) is 9.88 Å². The lowest BCUT2D eigenvalue weighted by molar-refractivity contribution is 0.311. The van der Waals surface area contributed by atoms with Crippen LogP contribution in [0.3, 0.4) is 0 Å². The number of amidine groups is 2. The molecule has 7 nitrogen and oxygen atoms in total. The molecule has 0 radical (unpaired) electrons. The molecular weight excluding hydrogens is 320 g/mol. The Morgan fingerprint density at radius 3 is 2.72 bits per heavy atom. The molecule has 1 N–H and O–H groups in total. The normalized spacial score (nSPS) is 14.4. The number of nitrogens with zero attached hydrogens (tertiary/aromatic N) is 4. The maximum atomic E-state index is 9.57. The molecule has 25 heavy (non-hydrogen) atoms. The fraction of sp³-hybridized carbons (Fsp3) is 0.278. The van der Waals surface area contributed by atoms with Gasteiger partial charge >= 0.3 is 0 Å². The van der Waals surface area contributed by atoms with Gasteiger partial charge in [-0.3, -0.25) is 4.99 Å². The fourth-order valence-corrected chi connectivity index (χ4v) is 2.63. The van der Waals surface area contributed by atoms with Crippen LogP contribution in [0, 0.1) is 0 Å². The third-order valence-electron chi connectivity index (χ3n) is 3.77. The summed E-state index contributed by atoms with van der Waals surface area (Å²) in [5.74, 6) is 2.66. The maximum absolute atomic E-state index is 9.57. The molecule has 1 aromatic heterocycles. The molecule has 130 valence electrons. The lowest BCUT2D eigenvalue weighted by Gasteiger charge is -2.20. The first-order chi connectivity index (χ1) is 12.2. The molecule has 0 atom stereocenters. The van der Waals surface area contributed by atoms with Crippen LogP contribution in [0.1, 0.15) is 19.4 Å². The number of aromatic nitrogens is 1. The summed E-state index contributed by atoms with van der Waals surface area (Å²) in [6, 6.07) is 10.9. The number of pyridine rings is 1. The Morgan fingerprint density at radius 2 is 2.04 bits per heavy atom. The van der Waals surface area contributed by atoms with Crippen molar-refractivity contribution in [2.45, 2.75) is 13.8 Å². The van der Waals surface area contributed by atoms with E-state index in [1.165, 1.54) is 0 Å². The summed E-state index contributed by atoms with van der Waals surface area (Å²) >= 11 is 0. The van der Waals surface area contributed by atoms with Crippen LogP contribution >= 0.6 is 0 Å². The minimum absolute atomic E-state index is 0.335. The van der Waals surface area contributed by atoms with Crippen LogP contribution in [0.5, 0.6) is 17.4 Å². The van der Waals surface area contributed by atoms with E-state index in [9.17, 15) is 5.21 Å². The van der Waals surface area contributed by atoms with Gasteiger partial charge in [0.25, 0.3) is 0 Å². The van der Waals surface area contributed by atoms with Crippen molar-refractivity contribution in [3.63, 3.8) is 0 Å². The van der Waals surface area contributed by atoms with Gasteiger partial charge in [-0.15, -0.1) is 0 Å². The first-order valence-corrected chi connectivity index (χ1v) is 8.10. The van der Waals surface area contributed by atoms with E-state index in [0.29, 0.717) is 48.5 Å². The lowest BCUT2D eigenvalue weighted by Crippen LogP contribution is -2.34. The number of para-hydroxylation sites is 2. The van der Waals surface area contributed by atoms with Crippen molar-refractivity contribution in [2.75, 3.05) is 19.7 Å². The monoisotopic (exact) mass is 340 g/mol. The smallest absolute Gasteiger partial charge is 0.230 e. The van der Waals surface area contributed by atoms with E-state index in [2.05, 4.69) is 15.1 Å². The summed E-state index contributed by atoms with van der Waals surface area (Å²) in [5.41, 5.74) is 0.577. The highest BCUT2D eigenvalue weighted by molar-refractivity contribution is 6.10. The van der Waals surface area contributed by atoms with Gasteiger partial charge in [-0.05, 0) is 38.1 Å². The van der Waals surface area contributed by atoms with Crippen LogP contribution in [0.25, 0.3) is 0 Å². The Kier molecular flexibility index (Phi) is 5.13. The highest BCUT2D eigenvalue weighted by Crippen LogP contribution is 2.32. The summed E-state index contributed by atoms with van der Waals surface area (Å²) < 4.78 is 11.6. The third-order valence-corrected chi connectivity index (χ3v) is 3.77. The van der Waals surface area contributed by atoms with E-state index in [0.717, 1.165) is 5.84 Å². The van der Waals surface area contributed by atoms with E-state index in [-0.39, 0.29) is 0 Å². The Hall–Kier alpha value is -3.09. The SMILES string of the molecule is CCOc1ccccc1Oc1ncccc1/C(=N/O)N1CCN=C1C. The lowest BCUT2D eigenvalue weighted by atomic mass is 10.2. The van der Waals surface area contributed by atoms with Crippen LogP contribution in [0.2, 0.25) is 0 Å². The van der Waals surface area contributed by atoms with Crippen molar-refractivity contribution in [3.05, 3.63) is 48.2 Å². The number of rotatable bonds is 5. The predicted octanol–water partition coefficient (Wildman–Crippen LogP) is 3.14. The van der Waals surface area contributed by atoms with E-state index in [1.807, 2.05) is 43.0 Å². The number of benzene rings is 1. The van der Waals surface area contributed by atoms with E-state index >= 15 is 0 Å². The molecule has 0 aliphatic carbocycles. The van der Waals surface area contributed by atoms with Crippen molar-refractivity contribution in [2.24, 2.45) is 10.1 Å². The van der Waals surface area contributed by atoms with Gasteiger partial charge < -0.3 is 19.6 Å². The summed E-state index contributed by atoms with van der Waals surface area (Å²) in [5, 5.41) is 13.0. The molecule has 2 aromatic rings. The van der Waals surface area contributed by atoms with Crippen molar-refractivity contribution in [1.29, 1.82) is 0 Å². The Balaban J connectivity index is 1.95. The molecule has 0 bridgehead atoms. The quantitative estimate of drug-likeness (QED) is 0.391. The summed E-state index contributed by atoms with van der Waals surface area (Å²) in [6.45, 7) is 5.63. The fourth-order valence-electron chi connectivity index (χ4n) is 2.63. The molecule has 0 fully saturated rings. The van der Waals surface area contributed by atoms with Crippen LogP contribution in [-0.4, -0.2) is 46.5 Å². The van der Waals surface area contributed by atoms with Gasteiger partial charge in [-0.1, -0.05) is 17.3 Å². The van der Waals surface area contributed by atoms with Gasteiger partial charge in [0.05, 0.1) is 18.7 Å². The third kappa shape index (κ3) is 3.55.